The highest BCUT2D eigenvalue weighted by Gasteiger charge is 2.26. The van der Waals surface area contributed by atoms with E-state index in [1.54, 1.807) is 29.2 Å². The molecule has 12 heteroatoms. The van der Waals surface area contributed by atoms with E-state index in [0.29, 0.717) is 64.8 Å². The number of rotatable bonds is 8. The number of hydrogen-bond donors (Lipinski definition) is 3. The van der Waals surface area contributed by atoms with Crippen molar-refractivity contribution in [3.8, 4) is 11.3 Å². The van der Waals surface area contributed by atoms with Gasteiger partial charge in [0.2, 0.25) is 5.91 Å². The molecule has 2 aromatic heterocycles. The molecule has 1 aliphatic rings. The quantitative estimate of drug-likeness (QED) is 0.300. The van der Waals surface area contributed by atoms with Gasteiger partial charge < -0.3 is 21.3 Å². The SMILES string of the molecule is CN1CCN(c2ccc(NCCNc3ccc(N=O)c(N)n3)nc2-c2ccc(Cl)cc2Cl)C(=O)C1. The van der Waals surface area contributed by atoms with Gasteiger partial charge in [-0.05, 0) is 54.7 Å². The molecule has 10 nitrogen and oxygen atoms in total. The Hall–Kier alpha value is -3.47. The molecule has 3 aromatic rings. The van der Waals surface area contributed by atoms with Gasteiger partial charge >= 0.3 is 0 Å². The number of aromatic nitrogens is 2. The summed E-state index contributed by atoms with van der Waals surface area (Å²) >= 11 is 12.6. The summed E-state index contributed by atoms with van der Waals surface area (Å²) in [5, 5.41) is 10.2. The van der Waals surface area contributed by atoms with Crippen LogP contribution in [-0.2, 0) is 4.79 Å². The zero-order chi connectivity index (χ0) is 24.9. The average Bonchev–Trinajstić information content (AvgIpc) is 2.82. The molecule has 35 heavy (non-hydrogen) atoms. The lowest BCUT2D eigenvalue weighted by Gasteiger charge is -2.33. The highest BCUT2D eigenvalue weighted by Crippen LogP contribution is 2.36. The minimum atomic E-state index is -0.000587. The van der Waals surface area contributed by atoms with Crippen molar-refractivity contribution in [2.24, 2.45) is 5.18 Å². The van der Waals surface area contributed by atoms with Crippen LogP contribution in [0.25, 0.3) is 11.3 Å². The van der Waals surface area contributed by atoms with Gasteiger partial charge in [-0.25, -0.2) is 9.97 Å². The van der Waals surface area contributed by atoms with Crippen molar-refractivity contribution in [1.29, 1.82) is 0 Å². The maximum absolute atomic E-state index is 12.8. The Morgan fingerprint density at radius 1 is 1.03 bits per heavy atom. The minimum absolute atomic E-state index is 0.000587. The number of nitroso groups, excluding NO2 is 1. The monoisotopic (exact) mass is 514 g/mol. The van der Waals surface area contributed by atoms with Crippen LogP contribution in [0.5, 0.6) is 0 Å². The summed E-state index contributed by atoms with van der Waals surface area (Å²) in [4.78, 5) is 36.0. The van der Waals surface area contributed by atoms with E-state index in [9.17, 15) is 9.70 Å². The van der Waals surface area contributed by atoms with Crippen molar-refractivity contribution in [3.05, 3.63) is 57.4 Å². The number of halogens is 2. The molecule has 4 N–H and O–H groups in total. The van der Waals surface area contributed by atoms with E-state index >= 15 is 0 Å². The molecule has 1 fully saturated rings. The van der Waals surface area contributed by atoms with Crippen molar-refractivity contribution in [2.75, 3.05) is 61.0 Å². The predicted molar refractivity (Wildman–Crippen MR) is 141 cm³/mol. The molecule has 4 rings (SSSR count). The second kappa shape index (κ2) is 10.9. The number of benzene rings is 1. The van der Waals surface area contributed by atoms with E-state index in [1.165, 1.54) is 6.07 Å². The number of nitrogen functional groups attached to an aromatic ring is 1. The number of likely N-dealkylation sites (N-methyl/N-ethyl adjacent to an activating group) is 1. The van der Waals surface area contributed by atoms with Gasteiger partial charge in [-0.2, -0.15) is 0 Å². The Morgan fingerprint density at radius 2 is 1.74 bits per heavy atom. The number of pyridine rings is 2. The van der Waals surface area contributed by atoms with Crippen LogP contribution in [-0.4, -0.2) is 60.5 Å². The van der Waals surface area contributed by atoms with Gasteiger partial charge in [-0.15, -0.1) is 4.91 Å². The largest absolute Gasteiger partial charge is 0.382 e. The van der Waals surface area contributed by atoms with Crippen molar-refractivity contribution >= 4 is 57.9 Å². The smallest absolute Gasteiger partial charge is 0.241 e. The molecule has 0 saturated carbocycles. The fourth-order valence-electron chi connectivity index (χ4n) is 3.72. The molecular weight excluding hydrogens is 491 g/mol. The number of amides is 1. The number of nitrogens with zero attached hydrogens (tertiary/aromatic N) is 5. The van der Waals surface area contributed by atoms with Crippen LogP contribution in [0.2, 0.25) is 10.0 Å². The number of carbonyl (C=O) groups is 1. The van der Waals surface area contributed by atoms with Crippen molar-refractivity contribution in [2.45, 2.75) is 0 Å². The molecule has 1 aliphatic heterocycles. The molecule has 0 bridgehead atoms. The lowest BCUT2D eigenvalue weighted by molar-refractivity contribution is -0.120. The Balaban J connectivity index is 1.53. The third-order valence-corrected chi connectivity index (χ3v) is 6.05. The van der Waals surface area contributed by atoms with Gasteiger partial charge in [0.1, 0.15) is 17.3 Å². The molecule has 1 amide bonds. The van der Waals surface area contributed by atoms with E-state index in [2.05, 4.69) is 20.8 Å². The first kappa shape index (κ1) is 24.6. The minimum Gasteiger partial charge on any atom is -0.382 e. The van der Waals surface area contributed by atoms with Gasteiger partial charge in [0.15, 0.2) is 5.82 Å². The van der Waals surface area contributed by atoms with Gasteiger partial charge in [0.25, 0.3) is 0 Å². The maximum Gasteiger partial charge on any atom is 0.241 e. The zero-order valence-corrected chi connectivity index (χ0v) is 20.5. The van der Waals surface area contributed by atoms with Crippen LogP contribution >= 0.6 is 23.2 Å². The highest BCUT2D eigenvalue weighted by molar-refractivity contribution is 6.36. The molecule has 182 valence electrons. The number of hydrogen-bond acceptors (Lipinski definition) is 9. The lowest BCUT2D eigenvalue weighted by atomic mass is 10.1. The summed E-state index contributed by atoms with van der Waals surface area (Å²) < 4.78 is 0. The first-order valence-corrected chi connectivity index (χ1v) is 11.6. The summed E-state index contributed by atoms with van der Waals surface area (Å²) in [6.07, 6.45) is 0. The number of carbonyl (C=O) groups excluding carboxylic acids is 1. The van der Waals surface area contributed by atoms with Crippen LogP contribution in [0, 0.1) is 4.91 Å². The average molecular weight is 515 g/mol. The second-order valence-electron chi connectivity index (χ2n) is 8.02. The zero-order valence-electron chi connectivity index (χ0n) is 19.0. The molecule has 0 atom stereocenters. The van der Waals surface area contributed by atoms with E-state index in [1.807, 2.05) is 24.1 Å². The number of anilines is 4. The topological polar surface area (TPSA) is 129 Å². The maximum atomic E-state index is 12.8. The van der Waals surface area contributed by atoms with Crippen molar-refractivity contribution < 1.29 is 4.79 Å². The summed E-state index contributed by atoms with van der Waals surface area (Å²) in [5.74, 6) is 1.21. The Kier molecular flexibility index (Phi) is 7.64. The molecule has 3 heterocycles. The van der Waals surface area contributed by atoms with Crippen LogP contribution in [0.1, 0.15) is 0 Å². The fourth-order valence-corrected chi connectivity index (χ4v) is 4.22. The number of nitrogens with one attached hydrogen (secondary N) is 2. The van der Waals surface area contributed by atoms with Gasteiger partial charge in [0.05, 0.1) is 22.9 Å². The summed E-state index contributed by atoms with van der Waals surface area (Å²) in [7, 11) is 1.92. The van der Waals surface area contributed by atoms with E-state index in [0.717, 1.165) is 6.54 Å². The summed E-state index contributed by atoms with van der Waals surface area (Å²) in [6, 6.07) is 12.0. The van der Waals surface area contributed by atoms with Crippen LogP contribution < -0.4 is 21.3 Å². The van der Waals surface area contributed by atoms with Gasteiger partial charge in [0, 0.05) is 36.8 Å². The normalized spacial score (nSPS) is 14.1. The number of nitrogens with two attached hydrogens (primary N) is 1. The third-order valence-electron chi connectivity index (χ3n) is 5.50. The fraction of sp³-hybridized carbons (Fsp3) is 0.261. The highest BCUT2D eigenvalue weighted by atomic mass is 35.5. The molecule has 1 aromatic carbocycles. The van der Waals surface area contributed by atoms with E-state index < -0.39 is 0 Å². The van der Waals surface area contributed by atoms with Gasteiger partial charge in [-0.1, -0.05) is 23.2 Å². The Bertz CT molecular complexity index is 1260. The third kappa shape index (κ3) is 5.79. The van der Waals surface area contributed by atoms with Crippen LogP contribution in [0.15, 0.2) is 47.6 Å². The van der Waals surface area contributed by atoms with Crippen LogP contribution in [0.3, 0.4) is 0 Å². The molecule has 0 spiro atoms. The van der Waals surface area contributed by atoms with Crippen molar-refractivity contribution in [1.82, 2.24) is 14.9 Å². The molecule has 0 radical (unpaired) electrons. The predicted octanol–water partition coefficient (Wildman–Crippen LogP) is 4.23. The van der Waals surface area contributed by atoms with Crippen molar-refractivity contribution in [3.63, 3.8) is 0 Å². The van der Waals surface area contributed by atoms with Crippen LogP contribution in [0.4, 0.5) is 28.8 Å². The molecule has 1 saturated heterocycles. The molecule has 0 unspecified atom stereocenters. The summed E-state index contributed by atoms with van der Waals surface area (Å²) in [5.41, 5.74) is 7.76. The lowest BCUT2D eigenvalue weighted by Crippen LogP contribution is -2.49. The summed E-state index contributed by atoms with van der Waals surface area (Å²) in [6.45, 7) is 2.68. The first-order valence-electron chi connectivity index (χ1n) is 10.9. The number of piperazine rings is 1. The molecular formula is C23H24Cl2N8O2. The molecule has 0 aliphatic carbocycles. The second-order valence-corrected chi connectivity index (χ2v) is 8.86. The first-order chi connectivity index (χ1) is 16.9. The Labute approximate surface area is 212 Å². The standard InChI is InChI=1S/C23H24Cl2N8O2/c1-32-10-11-33(21(34)13-32)18-5-7-19(29-22(18)15-3-2-14(24)12-16(15)25)27-8-9-28-20-6-4-17(31-35)23(26)30-20/h2-7,12H,8-11,13H2,1H3,(H,27,29)(H3,26,28,30). The van der Waals surface area contributed by atoms with E-state index in [4.69, 9.17) is 33.9 Å². The van der Waals surface area contributed by atoms with Gasteiger partial charge in [-0.3, -0.25) is 9.69 Å². The Morgan fingerprint density at radius 3 is 2.40 bits per heavy atom. The van der Waals surface area contributed by atoms with E-state index in [-0.39, 0.29) is 17.4 Å².